The minimum Gasteiger partial charge on any atom is -0.496 e. The molecule has 0 aliphatic rings. The summed E-state index contributed by atoms with van der Waals surface area (Å²) in [6.07, 6.45) is 5.12. The molecule has 3 rings (SSSR count). The monoisotopic (exact) mass is 278 g/mol. The molecule has 3 heteroatoms. The number of benzene rings is 2. The predicted molar refractivity (Wildman–Crippen MR) is 84.4 cm³/mol. The van der Waals surface area contributed by atoms with Crippen LogP contribution in [0.3, 0.4) is 0 Å². The summed E-state index contributed by atoms with van der Waals surface area (Å²) in [5.74, 6) is 0.524. The van der Waals surface area contributed by atoms with Gasteiger partial charge in [0.25, 0.3) is 0 Å². The standard InChI is InChI=1S/C18H14O3/c1-20-15-8-5-9-16-17(15)18(19)14(12-21-16)11-10-13-6-3-2-4-7-13/h2-12H,1H3. The van der Waals surface area contributed by atoms with E-state index in [1.807, 2.05) is 36.4 Å². The van der Waals surface area contributed by atoms with E-state index < -0.39 is 0 Å². The summed E-state index contributed by atoms with van der Waals surface area (Å²) < 4.78 is 10.8. The van der Waals surface area contributed by atoms with Gasteiger partial charge in [-0.25, -0.2) is 0 Å². The van der Waals surface area contributed by atoms with Gasteiger partial charge < -0.3 is 9.15 Å². The van der Waals surface area contributed by atoms with E-state index in [-0.39, 0.29) is 5.43 Å². The van der Waals surface area contributed by atoms with Gasteiger partial charge in [0.05, 0.1) is 12.7 Å². The third kappa shape index (κ3) is 2.58. The highest BCUT2D eigenvalue weighted by atomic mass is 16.5. The molecule has 1 heterocycles. The molecule has 0 N–H and O–H groups in total. The number of rotatable bonds is 3. The van der Waals surface area contributed by atoms with Crippen molar-refractivity contribution >= 4 is 23.1 Å². The van der Waals surface area contributed by atoms with Gasteiger partial charge in [-0.05, 0) is 23.8 Å². The Balaban J connectivity index is 2.10. The zero-order valence-corrected chi connectivity index (χ0v) is 11.6. The summed E-state index contributed by atoms with van der Waals surface area (Å²) in [6, 6.07) is 15.1. The molecule has 21 heavy (non-hydrogen) atoms. The number of hydrogen-bond donors (Lipinski definition) is 0. The van der Waals surface area contributed by atoms with Crippen molar-refractivity contribution in [2.24, 2.45) is 0 Å². The van der Waals surface area contributed by atoms with Crippen LogP contribution in [0.2, 0.25) is 0 Å². The van der Waals surface area contributed by atoms with Crippen LogP contribution in [0.1, 0.15) is 11.1 Å². The Morgan fingerprint density at radius 3 is 2.57 bits per heavy atom. The van der Waals surface area contributed by atoms with Crippen molar-refractivity contribution in [2.45, 2.75) is 0 Å². The molecule has 1 aromatic heterocycles. The quantitative estimate of drug-likeness (QED) is 0.727. The average Bonchev–Trinajstić information content (AvgIpc) is 2.54. The van der Waals surface area contributed by atoms with Crippen molar-refractivity contribution in [1.29, 1.82) is 0 Å². The molecular weight excluding hydrogens is 264 g/mol. The van der Waals surface area contributed by atoms with Crippen molar-refractivity contribution in [2.75, 3.05) is 7.11 Å². The first kappa shape index (κ1) is 13.2. The fourth-order valence-corrected chi connectivity index (χ4v) is 2.19. The second kappa shape index (κ2) is 5.67. The number of ether oxygens (including phenoxy) is 1. The van der Waals surface area contributed by atoms with Crippen LogP contribution in [0.25, 0.3) is 23.1 Å². The fraction of sp³-hybridized carbons (Fsp3) is 0.0556. The van der Waals surface area contributed by atoms with Crippen molar-refractivity contribution in [1.82, 2.24) is 0 Å². The molecule has 0 atom stereocenters. The van der Waals surface area contributed by atoms with E-state index in [0.29, 0.717) is 22.3 Å². The Morgan fingerprint density at radius 2 is 1.81 bits per heavy atom. The van der Waals surface area contributed by atoms with Crippen LogP contribution in [-0.2, 0) is 0 Å². The Morgan fingerprint density at radius 1 is 1.00 bits per heavy atom. The largest absolute Gasteiger partial charge is 0.496 e. The van der Waals surface area contributed by atoms with Gasteiger partial charge in [-0.2, -0.15) is 0 Å². The van der Waals surface area contributed by atoms with Crippen LogP contribution in [0.5, 0.6) is 5.75 Å². The Bertz CT molecular complexity index is 845. The SMILES string of the molecule is COc1cccc2occ(C=Cc3ccccc3)c(=O)c12. The van der Waals surface area contributed by atoms with E-state index in [1.165, 1.54) is 6.26 Å². The van der Waals surface area contributed by atoms with Crippen molar-refractivity contribution in [3.63, 3.8) is 0 Å². The van der Waals surface area contributed by atoms with Gasteiger partial charge >= 0.3 is 0 Å². The number of hydrogen-bond acceptors (Lipinski definition) is 3. The lowest BCUT2D eigenvalue weighted by Crippen LogP contribution is -2.06. The third-order valence-electron chi connectivity index (χ3n) is 3.26. The van der Waals surface area contributed by atoms with E-state index in [2.05, 4.69) is 0 Å². The summed E-state index contributed by atoms with van der Waals surface area (Å²) in [5, 5.41) is 0.468. The Hall–Kier alpha value is -2.81. The molecule has 0 aliphatic heterocycles. The lowest BCUT2D eigenvalue weighted by molar-refractivity contribution is 0.418. The molecule has 0 unspecified atom stereocenters. The predicted octanol–water partition coefficient (Wildman–Crippen LogP) is 3.97. The van der Waals surface area contributed by atoms with Crippen LogP contribution in [0, 0.1) is 0 Å². The topological polar surface area (TPSA) is 39.4 Å². The smallest absolute Gasteiger partial charge is 0.203 e. The van der Waals surface area contributed by atoms with Crippen LogP contribution in [0.4, 0.5) is 0 Å². The second-order valence-electron chi connectivity index (χ2n) is 4.60. The zero-order chi connectivity index (χ0) is 14.7. The van der Waals surface area contributed by atoms with E-state index >= 15 is 0 Å². The van der Waals surface area contributed by atoms with Gasteiger partial charge in [-0.3, -0.25) is 4.79 Å². The lowest BCUT2D eigenvalue weighted by Gasteiger charge is -2.04. The average molecular weight is 278 g/mol. The molecule has 0 aliphatic carbocycles. The summed E-state index contributed by atoms with van der Waals surface area (Å²) in [5.41, 5.74) is 1.95. The van der Waals surface area contributed by atoms with Gasteiger partial charge in [0.15, 0.2) is 0 Å². The maximum absolute atomic E-state index is 12.5. The molecule has 0 saturated carbocycles. The first-order chi connectivity index (χ1) is 10.3. The molecule has 0 radical (unpaired) electrons. The molecule has 104 valence electrons. The highest BCUT2D eigenvalue weighted by Gasteiger charge is 2.09. The fourth-order valence-electron chi connectivity index (χ4n) is 2.19. The summed E-state index contributed by atoms with van der Waals surface area (Å²) in [4.78, 5) is 12.5. The molecule has 0 bridgehead atoms. The lowest BCUT2D eigenvalue weighted by atomic mass is 10.1. The summed E-state index contributed by atoms with van der Waals surface area (Å²) >= 11 is 0. The molecule has 2 aromatic carbocycles. The molecule has 0 saturated heterocycles. The number of methoxy groups -OCH3 is 1. The van der Waals surface area contributed by atoms with E-state index in [9.17, 15) is 4.79 Å². The summed E-state index contributed by atoms with van der Waals surface area (Å²) in [6.45, 7) is 0. The maximum atomic E-state index is 12.5. The molecular formula is C18H14O3. The minimum absolute atomic E-state index is 0.0964. The normalized spacial score (nSPS) is 11.1. The van der Waals surface area contributed by atoms with Crippen LogP contribution in [0.15, 0.2) is 64.0 Å². The number of fused-ring (bicyclic) bond motifs is 1. The van der Waals surface area contributed by atoms with Gasteiger partial charge in [0, 0.05) is 0 Å². The Kier molecular flexibility index (Phi) is 3.56. The van der Waals surface area contributed by atoms with E-state index in [1.54, 1.807) is 31.4 Å². The highest BCUT2D eigenvalue weighted by Crippen LogP contribution is 2.22. The third-order valence-corrected chi connectivity index (χ3v) is 3.26. The molecule has 3 nitrogen and oxygen atoms in total. The van der Waals surface area contributed by atoms with Crippen molar-refractivity contribution < 1.29 is 9.15 Å². The van der Waals surface area contributed by atoms with E-state index in [0.717, 1.165) is 5.56 Å². The van der Waals surface area contributed by atoms with Crippen molar-refractivity contribution in [3.05, 3.63) is 76.1 Å². The van der Waals surface area contributed by atoms with Crippen molar-refractivity contribution in [3.8, 4) is 5.75 Å². The maximum Gasteiger partial charge on any atom is 0.203 e. The van der Waals surface area contributed by atoms with E-state index in [4.69, 9.17) is 9.15 Å². The van der Waals surface area contributed by atoms with Gasteiger partial charge in [-0.15, -0.1) is 0 Å². The van der Waals surface area contributed by atoms with Gasteiger partial charge in [0.1, 0.15) is 23.0 Å². The second-order valence-corrected chi connectivity index (χ2v) is 4.60. The first-order valence-corrected chi connectivity index (χ1v) is 6.61. The molecule has 0 spiro atoms. The van der Waals surface area contributed by atoms with Crippen LogP contribution in [-0.4, -0.2) is 7.11 Å². The molecule has 0 fully saturated rings. The molecule has 3 aromatic rings. The van der Waals surface area contributed by atoms with Gasteiger partial charge in [-0.1, -0.05) is 42.5 Å². The van der Waals surface area contributed by atoms with Gasteiger partial charge in [0.2, 0.25) is 5.43 Å². The zero-order valence-electron chi connectivity index (χ0n) is 11.6. The highest BCUT2D eigenvalue weighted by molar-refractivity contribution is 5.85. The minimum atomic E-state index is -0.0964. The van der Waals surface area contributed by atoms with Crippen LogP contribution < -0.4 is 10.2 Å². The summed E-state index contributed by atoms with van der Waals surface area (Å²) in [7, 11) is 1.54. The Labute approximate surface area is 122 Å². The van der Waals surface area contributed by atoms with Crippen LogP contribution >= 0.6 is 0 Å². The molecule has 0 amide bonds. The first-order valence-electron chi connectivity index (χ1n) is 6.61.